The van der Waals surface area contributed by atoms with Gasteiger partial charge >= 0.3 is 10.0 Å². The SMILES string of the molecule is CCN(CC)CCNC(=O)c1c(C)[nH]c(/C=C2\C(=O)Nc3ccc(/C=N/S(=O)(=O)c4nn(C)c(=NC(C)=O)s4)cc32)c1C. The number of benzene rings is 1. The molecule has 3 amide bonds. The Morgan fingerprint density at radius 1 is 1.21 bits per heavy atom. The largest absolute Gasteiger partial charge is 0.358 e. The Balaban J connectivity index is 1.59. The van der Waals surface area contributed by atoms with Crippen molar-refractivity contribution in [2.24, 2.45) is 16.4 Å². The van der Waals surface area contributed by atoms with Crippen molar-refractivity contribution >= 4 is 62.6 Å². The quantitative estimate of drug-likeness (QED) is 0.229. The second kappa shape index (κ2) is 13.0. The van der Waals surface area contributed by atoms with Gasteiger partial charge in [0.15, 0.2) is 0 Å². The number of rotatable bonds is 10. The van der Waals surface area contributed by atoms with Gasteiger partial charge in [-0.3, -0.25) is 14.4 Å². The van der Waals surface area contributed by atoms with Gasteiger partial charge in [0.25, 0.3) is 16.2 Å². The Labute approximate surface area is 253 Å². The van der Waals surface area contributed by atoms with Crippen LogP contribution in [0.25, 0.3) is 11.6 Å². The zero-order valence-corrected chi connectivity index (χ0v) is 26.4. The van der Waals surface area contributed by atoms with Crippen LogP contribution in [0.1, 0.15) is 59.2 Å². The number of carbonyl (C=O) groups excluding carboxylic acids is 3. The smallest absolute Gasteiger partial charge is 0.311 e. The van der Waals surface area contributed by atoms with E-state index >= 15 is 0 Å². The number of amides is 3. The van der Waals surface area contributed by atoms with E-state index in [1.807, 2.05) is 13.8 Å². The Morgan fingerprint density at radius 3 is 2.60 bits per heavy atom. The van der Waals surface area contributed by atoms with Crippen molar-refractivity contribution in [3.8, 4) is 0 Å². The first kappa shape index (κ1) is 31.7. The molecule has 0 unspecified atom stereocenters. The van der Waals surface area contributed by atoms with Gasteiger partial charge in [0.2, 0.25) is 10.7 Å². The third kappa shape index (κ3) is 7.06. The highest BCUT2D eigenvalue weighted by Gasteiger charge is 2.26. The van der Waals surface area contributed by atoms with Crippen molar-refractivity contribution in [2.75, 3.05) is 31.5 Å². The zero-order valence-electron chi connectivity index (χ0n) is 24.8. The van der Waals surface area contributed by atoms with Crippen LogP contribution in [0.4, 0.5) is 5.69 Å². The molecular weight excluding hydrogens is 592 g/mol. The molecule has 15 heteroatoms. The summed E-state index contributed by atoms with van der Waals surface area (Å²) in [4.78, 5) is 46.5. The fourth-order valence-electron chi connectivity index (χ4n) is 4.63. The average Bonchev–Trinajstić information content (AvgIpc) is 3.57. The van der Waals surface area contributed by atoms with Gasteiger partial charge in [-0.05, 0) is 56.3 Å². The Kier molecular flexibility index (Phi) is 9.57. The number of carbonyl (C=O) groups is 3. The lowest BCUT2D eigenvalue weighted by Gasteiger charge is -2.18. The van der Waals surface area contributed by atoms with E-state index in [-0.39, 0.29) is 21.0 Å². The maximum atomic E-state index is 13.0. The Morgan fingerprint density at radius 2 is 1.93 bits per heavy atom. The summed E-state index contributed by atoms with van der Waals surface area (Å²) in [6.07, 6.45) is 2.85. The number of aromatic nitrogens is 3. The molecular formula is C28H34N8O5S2. The monoisotopic (exact) mass is 626 g/mol. The number of nitrogens with zero attached hydrogens (tertiary/aromatic N) is 5. The predicted molar refractivity (Wildman–Crippen MR) is 165 cm³/mol. The van der Waals surface area contributed by atoms with Gasteiger partial charge < -0.3 is 20.5 Å². The van der Waals surface area contributed by atoms with Crippen LogP contribution < -0.4 is 15.4 Å². The number of aromatic amines is 1. The number of nitrogens with one attached hydrogen (secondary N) is 3. The van der Waals surface area contributed by atoms with Crippen LogP contribution in [-0.4, -0.2) is 78.2 Å². The predicted octanol–water partition coefficient (Wildman–Crippen LogP) is 2.25. The van der Waals surface area contributed by atoms with Crippen LogP contribution in [0, 0.1) is 13.8 Å². The highest BCUT2D eigenvalue weighted by molar-refractivity contribution is 7.92. The number of H-pyrrole nitrogens is 1. The van der Waals surface area contributed by atoms with E-state index in [1.165, 1.54) is 24.9 Å². The summed E-state index contributed by atoms with van der Waals surface area (Å²) in [7, 11) is -2.69. The number of hydrogen-bond acceptors (Lipinski definition) is 8. The van der Waals surface area contributed by atoms with Gasteiger partial charge in [-0.25, -0.2) is 4.68 Å². The molecule has 228 valence electrons. The van der Waals surface area contributed by atoms with E-state index in [4.69, 9.17) is 0 Å². The van der Waals surface area contributed by atoms with Crippen LogP contribution in [0.3, 0.4) is 0 Å². The minimum Gasteiger partial charge on any atom is -0.358 e. The van der Waals surface area contributed by atoms with E-state index in [2.05, 4.69) is 48.9 Å². The fraction of sp³-hybridized carbons (Fsp3) is 0.357. The van der Waals surface area contributed by atoms with Gasteiger partial charge in [0.1, 0.15) is 0 Å². The lowest BCUT2D eigenvalue weighted by Crippen LogP contribution is -2.35. The molecule has 3 N–H and O–H groups in total. The topological polar surface area (TPSA) is 171 Å². The molecule has 0 aliphatic carbocycles. The molecule has 3 heterocycles. The molecule has 1 aromatic carbocycles. The molecule has 0 saturated carbocycles. The van der Waals surface area contributed by atoms with E-state index in [9.17, 15) is 22.8 Å². The second-order valence-corrected chi connectivity index (χ2v) is 12.6. The van der Waals surface area contributed by atoms with Crippen molar-refractivity contribution in [2.45, 2.75) is 39.0 Å². The number of anilines is 1. The summed E-state index contributed by atoms with van der Waals surface area (Å²) >= 11 is 0.730. The average molecular weight is 627 g/mol. The lowest BCUT2D eigenvalue weighted by atomic mass is 10.0. The molecule has 3 aromatic rings. The summed E-state index contributed by atoms with van der Waals surface area (Å²) in [5.74, 6) is -0.993. The van der Waals surface area contributed by atoms with Gasteiger partial charge in [-0.2, -0.15) is 17.8 Å². The van der Waals surface area contributed by atoms with E-state index < -0.39 is 15.9 Å². The van der Waals surface area contributed by atoms with Crippen molar-refractivity contribution in [3.63, 3.8) is 0 Å². The molecule has 13 nitrogen and oxygen atoms in total. The third-order valence-electron chi connectivity index (χ3n) is 6.93. The van der Waals surface area contributed by atoms with Crippen molar-refractivity contribution in [1.29, 1.82) is 0 Å². The summed E-state index contributed by atoms with van der Waals surface area (Å²) in [5.41, 5.74) is 4.47. The Bertz CT molecular complexity index is 1820. The molecule has 1 aliphatic heterocycles. The van der Waals surface area contributed by atoms with E-state index in [0.717, 1.165) is 31.0 Å². The van der Waals surface area contributed by atoms with E-state index in [1.54, 1.807) is 24.3 Å². The van der Waals surface area contributed by atoms with Gasteiger partial charge in [-0.15, -0.1) is 5.10 Å². The maximum Gasteiger partial charge on any atom is 0.311 e. The number of aryl methyl sites for hydroxylation is 2. The maximum absolute atomic E-state index is 13.0. The molecule has 4 rings (SSSR count). The van der Waals surface area contributed by atoms with Crippen molar-refractivity contribution < 1.29 is 22.8 Å². The van der Waals surface area contributed by atoms with Crippen LogP contribution in [0.15, 0.2) is 31.9 Å². The first-order chi connectivity index (χ1) is 20.3. The molecule has 0 atom stereocenters. The lowest BCUT2D eigenvalue weighted by molar-refractivity contribution is -0.116. The third-order valence-corrected chi connectivity index (χ3v) is 9.51. The molecule has 0 radical (unpaired) electrons. The summed E-state index contributed by atoms with van der Waals surface area (Å²) < 4.78 is 30.2. The normalized spacial score (nSPS) is 14.6. The highest BCUT2D eigenvalue weighted by atomic mass is 32.2. The molecule has 1 aliphatic rings. The number of fused-ring (bicyclic) bond motifs is 1. The zero-order chi connectivity index (χ0) is 31.5. The van der Waals surface area contributed by atoms with Gasteiger partial charge in [0.05, 0.1) is 11.1 Å². The molecule has 2 aromatic heterocycles. The molecule has 43 heavy (non-hydrogen) atoms. The van der Waals surface area contributed by atoms with Crippen LogP contribution in [0.5, 0.6) is 0 Å². The summed E-state index contributed by atoms with van der Waals surface area (Å²) in [6, 6.07) is 4.95. The summed E-state index contributed by atoms with van der Waals surface area (Å²) in [6.45, 7) is 12.1. The fourth-order valence-corrected chi connectivity index (χ4v) is 6.64. The molecule has 0 spiro atoms. The molecule has 0 saturated heterocycles. The van der Waals surface area contributed by atoms with E-state index in [0.29, 0.717) is 51.4 Å². The summed E-state index contributed by atoms with van der Waals surface area (Å²) in [5, 5.41) is 9.72. The van der Waals surface area contributed by atoms with Crippen LogP contribution >= 0.6 is 11.3 Å². The number of sulfonamides is 1. The molecule has 0 fully saturated rings. The minimum atomic E-state index is -4.17. The highest BCUT2D eigenvalue weighted by Crippen LogP contribution is 2.34. The number of likely N-dealkylation sites (N-methyl/N-ethyl adjacent to an activating group) is 1. The van der Waals surface area contributed by atoms with Crippen LogP contribution in [-0.2, 0) is 26.7 Å². The first-order valence-electron chi connectivity index (χ1n) is 13.6. The van der Waals surface area contributed by atoms with Gasteiger partial charge in [-0.1, -0.05) is 31.3 Å². The standard InChI is InChI=1S/C28H34N8O5S2/c1-7-36(8-2)12-11-29-26(39)24-16(3)23(31-17(24)4)14-21-20-13-19(9-10-22(20)33-25(21)38)15-30-43(40,41)28-34-35(6)27(42-28)32-18(5)37/h9-10,13-15,31H,7-8,11-12H2,1-6H3,(H,29,39)(H,33,38)/b21-14-,30-15+,32-27?. The first-order valence-corrected chi connectivity index (χ1v) is 15.9. The minimum absolute atomic E-state index is 0.133. The van der Waals surface area contributed by atoms with Crippen LogP contribution in [0.2, 0.25) is 0 Å². The molecule has 0 bridgehead atoms. The van der Waals surface area contributed by atoms with Crippen molar-refractivity contribution in [1.82, 2.24) is 25.0 Å². The second-order valence-electron chi connectivity index (χ2n) is 9.88. The van der Waals surface area contributed by atoms with Crippen molar-refractivity contribution in [3.05, 3.63) is 56.6 Å². The number of hydrogen-bond donors (Lipinski definition) is 3. The van der Waals surface area contributed by atoms with Gasteiger partial charge in [0, 0.05) is 55.9 Å². The Hall–Kier alpha value is -4.21.